The molecule has 0 fully saturated rings. The summed E-state index contributed by atoms with van der Waals surface area (Å²) in [5, 5.41) is 3.37. The van der Waals surface area contributed by atoms with Crippen molar-refractivity contribution in [2.24, 2.45) is 0 Å². The molecule has 2 heterocycles. The van der Waals surface area contributed by atoms with Gasteiger partial charge in [0.15, 0.2) is 11.3 Å². The number of carbonyl (C=O) groups excluding carboxylic acids is 1. The number of ether oxygens (including phenoxy) is 1. The minimum Gasteiger partial charge on any atom is -0.493 e. The number of rotatable bonds is 6. The second-order valence-electron chi connectivity index (χ2n) is 5.24. The third kappa shape index (κ3) is 3.29. The third-order valence-electron chi connectivity index (χ3n) is 3.63. The molecule has 0 radical (unpaired) electrons. The number of hydrogen-bond acceptors (Lipinski definition) is 5. The molecule has 1 N–H and O–H groups in total. The van der Waals surface area contributed by atoms with Gasteiger partial charge in [-0.25, -0.2) is 9.78 Å². The van der Waals surface area contributed by atoms with E-state index in [4.69, 9.17) is 9.15 Å². The van der Waals surface area contributed by atoms with Crippen LogP contribution >= 0.6 is 0 Å². The zero-order valence-electron chi connectivity index (χ0n) is 13.2. The molecule has 0 aliphatic rings. The third-order valence-corrected chi connectivity index (χ3v) is 3.63. The molecule has 7 heteroatoms. The number of para-hydroxylation sites is 1. The minimum absolute atomic E-state index is 0.0154. The molecule has 1 amide bonds. The number of fused-ring (bicyclic) bond motifs is 1. The fourth-order valence-corrected chi connectivity index (χ4v) is 2.41. The van der Waals surface area contributed by atoms with Crippen LogP contribution in [0.5, 0.6) is 5.75 Å². The lowest BCUT2D eigenvalue weighted by Gasteiger charge is -2.07. The Morgan fingerprint density at radius 3 is 3.04 bits per heavy atom. The summed E-state index contributed by atoms with van der Waals surface area (Å²) in [4.78, 5) is 28.2. The van der Waals surface area contributed by atoms with Gasteiger partial charge in [0.1, 0.15) is 5.56 Å². The topological polar surface area (TPSA) is 86.4 Å². The molecule has 0 atom stereocenters. The summed E-state index contributed by atoms with van der Waals surface area (Å²) in [6, 6.07) is 6.75. The molecule has 0 saturated carbocycles. The summed E-state index contributed by atoms with van der Waals surface area (Å²) in [5.74, 6) is 0.0102. The number of imidazole rings is 1. The summed E-state index contributed by atoms with van der Waals surface area (Å²) in [6.45, 7) is 1.19. The Morgan fingerprint density at radius 1 is 1.42 bits per heavy atom. The van der Waals surface area contributed by atoms with E-state index in [1.807, 2.05) is 10.8 Å². The molecule has 24 heavy (non-hydrogen) atoms. The zero-order valence-corrected chi connectivity index (χ0v) is 13.2. The molecule has 3 rings (SSSR count). The Balaban J connectivity index is 1.70. The molecule has 0 aliphatic heterocycles. The van der Waals surface area contributed by atoms with E-state index in [0.717, 1.165) is 13.0 Å². The van der Waals surface area contributed by atoms with E-state index in [2.05, 4.69) is 10.3 Å². The Morgan fingerprint density at radius 2 is 2.29 bits per heavy atom. The second-order valence-corrected chi connectivity index (χ2v) is 5.24. The number of nitrogens with one attached hydrogen (secondary N) is 1. The van der Waals surface area contributed by atoms with Crippen molar-refractivity contribution in [2.45, 2.75) is 13.0 Å². The summed E-state index contributed by atoms with van der Waals surface area (Å²) in [5.41, 5.74) is -0.362. The van der Waals surface area contributed by atoms with Gasteiger partial charge in [0.2, 0.25) is 0 Å². The number of aryl methyl sites for hydroxylation is 1. The number of amides is 1. The lowest BCUT2D eigenvalue weighted by atomic mass is 10.1. The summed E-state index contributed by atoms with van der Waals surface area (Å²) < 4.78 is 12.3. The molecule has 0 bridgehead atoms. The highest BCUT2D eigenvalue weighted by atomic mass is 16.5. The van der Waals surface area contributed by atoms with Gasteiger partial charge in [0.25, 0.3) is 5.91 Å². The Labute approximate surface area is 137 Å². The van der Waals surface area contributed by atoms with Gasteiger partial charge in [-0.05, 0) is 18.6 Å². The second kappa shape index (κ2) is 6.99. The van der Waals surface area contributed by atoms with Crippen LogP contribution in [-0.2, 0) is 6.54 Å². The van der Waals surface area contributed by atoms with E-state index in [9.17, 15) is 9.59 Å². The molecule has 7 nitrogen and oxygen atoms in total. The molecule has 0 aliphatic carbocycles. The summed E-state index contributed by atoms with van der Waals surface area (Å²) in [7, 11) is 1.50. The first-order valence-electron chi connectivity index (χ1n) is 7.54. The maximum Gasteiger partial charge on any atom is 0.349 e. The van der Waals surface area contributed by atoms with Crippen LogP contribution in [0, 0.1) is 0 Å². The molecule has 0 spiro atoms. The predicted octanol–water partition coefficient (Wildman–Crippen LogP) is 1.82. The Bertz CT molecular complexity index is 900. The van der Waals surface area contributed by atoms with Crippen molar-refractivity contribution < 1.29 is 13.9 Å². The highest BCUT2D eigenvalue weighted by Crippen LogP contribution is 2.24. The van der Waals surface area contributed by atoms with Gasteiger partial charge in [-0.2, -0.15) is 0 Å². The molecule has 2 aromatic heterocycles. The number of hydrogen-bond donors (Lipinski definition) is 1. The highest BCUT2D eigenvalue weighted by molar-refractivity contribution is 5.97. The summed E-state index contributed by atoms with van der Waals surface area (Å²) >= 11 is 0. The van der Waals surface area contributed by atoms with Gasteiger partial charge >= 0.3 is 5.63 Å². The van der Waals surface area contributed by atoms with Crippen molar-refractivity contribution in [2.75, 3.05) is 13.7 Å². The lowest BCUT2D eigenvalue weighted by molar-refractivity contribution is 0.0949. The van der Waals surface area contributed by atoms with E-state index in [0.29, 0.717) is 23.3 Å². The molecular weight excluding hydrogens is 310 g/mol. The van der Waals surface area contributed by atoms with E-state index >= 15 is 0 Å². The fourth-order valence-electron chi connectivity index (χ4n) is 2.41. The normalized spacial score (nSPS) is 10.7. The van der Waals surface area contributed by atoms with Crippen LogP contribution in [0.25, 0.3) is 11.0 Å². The maximum absolute atomic E-state index is 12.2. The largest absolute Gasteiger partial charge is 0.493 e. The van der Waals surface area contributed by atoms with Crippen molar-refractivity contribution >= 4 is 16.9 Å². The average molecular weight is 327 g/mol. The van der Waals surface area contributed by atoms with Gasteiger partial charge < -0.3 is 19.0 Å². The van der Waals surface area contributed by atoms with E-state index in [1.165, 1.54) is 13.2 Å². The summed E-state index contributed by atoms with van der Waals surface area (Å²) in [6.07, 6.45) is 6.00. The number of aromatic nitrogens is 2. The van der Waals surface area contributed by atoms with Crippen molar-refractivity contribution in [3.63, 3.8) is 0 Å². The molecular formula is C17H17N3O4. The van der Waals surface area contributed by atoms with Crippen LogP contribution in [0.15, 0.2) is 52.2 Å². The Kier molecular flexibility index (Phi) is 4.60. The number of methoxy groups -OCH3 is 1. The van der Waals surface area contributed by atoms with Crippen molar-refractivity contribution in [1.29, 1.82) is 0 Å². The zero-order chi connectivity index (χ0) is 16.9. The minimum atomic E-state index is -0.681. The van der Waals surface area contributed by atoms with Crippen LogP contribution < -0.4 is 15.7 Å². The van der Waals surface area contributed by atoms with Crippen LogP contribution in [0.1, 0.15) is 16.8 Å². The molecule has 0 unspecified atom stereocenters. The highest BCUT2D eigenvalue weighted by Gasteiger charge is 2.15. The average Bonchev–Trinajstić information content (AvgIpc) is 3.11. The van der Waals surface area contributed by atoms with Gasteiger partial charge in [-0.1, -0.05) is 12.1 Å². The predicted molar refractivity (Wildman–Crippen MR) is 88.2 cm³/mol. The first-order chi connectivity index (χ1) is 11.7. The van der Waals surface area contributed by atoms with Crippen LogP contribution in [-0.4, -0.2) is 29.1 Å². The van der Waals surface area contributed by atoms with Crippen LogP contribution in [0.3, 0.4) is 0 Å². The molecule has 1 aromatic carbocycles. The lowest BCUT2D eigenvalue weighted by Crippen LogP contribution is -2.29. The van der Waals surface area contributed by atoms with Gasteiger partial charge in [-0.15, -0.1) is 0 Å². The number of benzene rings is 1. The van der Waals surface area contributed by atoms with E-state index in [-0.39, 0.29) is 5.56 Å². The first-order valence-corrected chi connectivity index (χ1v) is 7.54. The number of carbonyl (C=O) groups is 1. The quantitative estimate of drug-likeness (QED) is 0.551. The van der Waals surface area contributed by atoms with E-state index in [1.54, 1.807) is 30.7 Å². The van der Waals surface area contributed by atoms with Crippen molar-refractivity contribution in [3.8, 4) is 5.75 Å². The smallest absolute Gasteiger partial charge is 0.349 e. The van der Waals surface area contributed by atoms with Gasteiger partial charge in [0.05, 0.1) is 13.4 Å². The van der Waals surface area contributed by atoms with Gasteiger partial charge in [0, 0.05) is 30.9 Å². The monoisotopic (exact) mass is 327 g/mol. The fraction of sp³-hybridized carbons (Fsp3) is 0.235. The van der Waals surface area contributed by atoms with E-state index < -0.39 is 11.5 Å². The SMILES string of the molecule is COc1cccc2cc(C(=O)NCCCn3ccnc3)c(=O)oc12. The number of nitrogens with zero attached hydrogens (tertiary/aromatic N) is 2. The molecule has 124 valence electrons. The Hall–Kier alpha value is -3.09. The van der Waals surface area contributed by atoms with Crippen LogP contribution in [0.4, 0.5) is 0 Å². The van der Waals surface area contributed by atoms with Crippen molar-refractivity contribution in [3.05, 3.63) is 59.0 Å². The maximum atomic E-state index is 12.2. The van der Waals surface area contributed by atoms with Crippen LogP contribution in [0.2, 0.25) is 0 Å². The molecule has 3 aromatic rings. The van der Waals surface area contributed by atoms with Crippen molar-refractivity contribution in [1.82, 2.24) is 14.9 Å². The molecule has 0 saturated heterocycles. The standard InChI is InChI=1S/C17H17N3O4/c1-23-14-5-2-4-12-10-13(17(22)24-15(12)14)16(21)19-6-3-8-20-9-7-18-11-20/h2,4-5,7,9-11H,3,6,8H2,1H3,(H,19,21). The van der Waals surface area contributed by atoms with Gasteiger partial charge in [-0.3, -0.25) is 4.79 Å². The first kappa shape index (κ1) is 15.8.